The monoisotopic (exact) mass is 330 g/mol. The van der Waals surface area contributed by atoms with Gasteiger partial charge in [0.1, 0.15) is 10.7 Å². The first-order valence-corrected chi connectivity index (χ1v) is 8.70. The van der Waals surface area contributed by atoms with E-state index in [1.807, 2.05) is 24.1 Å². The third-order valence-electron chi connectivity index (χ3n) is 4.05. The summed E-state index contributed by atoms with van der Waals surface area (Å²) in [5, 5.41) is 2.76. The minimum absolute atomic E-state index is 0.00589. The summed E-state index contributed by atoms with van der Waals surface area (Å²) >= 11 is 1.53. The number of aromatic nitrogens is 1. The third kappa shape index (κ3) is 3.46. The molecule has 1 aliphatic heterocycles. The van der Waals surface area contributed by atoms with Crippen molar-refractivity contribution in [1.29, 1.82) is 0 Å². The van der Waals surface area contributed by atoms with Crippen LogP contribution in [0.25, 0.3) is 10.6 Å². The van der Waals surface area contributed by atoms with Gasteiger partial charge in [-0.2, -0.15) is 0 Å². The van der Waals surface area contributed by atoms with Gasteiger partial charge in [-0.3, -0.25) is 4.79 Å². The van der Waals surface area contributed by atoms with Gasteiger partial charge in [-0.15, -0.1) is 11.3 Å². The van der Waals surface area contributed by atoms with E-state index in [0.29, 0.717) is 25.4 Å². The second-order valence-electron chi connectivity index (χ2n) is 6.69. The zero-order chi connectivity index (χ0) is 16.6. The Morgan fingerprint density at radius 1 is 1.35 bits per heavy atom. The average molecular weight is 330 g/mol. The molecule has 2 heterocycles. The van der Waals surface area contributed by atoms with E-state index in [4.69, 9.17) is 4.74 Å². The molecular weight excluding hydrogens is 308 g/mol. The number of hydrogen-bond acceptors (Lipinski definition) is 4. The van der Waals surface area contributed by atoms with Gasteiger partial charge in [0, 0.05) is 24.0 Å². The number of carbonyl (C=O) groups excluding carboxylic acids is 1. The fraction of sp³-hybridized carbons (Fsp3) is 0.444. The van der Waals surface area contributed by atoms with E-state index >= 15 is 0 Å². The van der Waals surface area contributed by atoms with Gasteiger partial charge < -0.3 is 9.64 Å². The van der Waals surface area contributed by atoms with Gasteiger partial charge in [0.15, 0.2) is 0 Å². The van der Waals surface area contributed by atoms with Crippen molar-refractivity contribution in [1.82, 2.24) is 9.88 Å². The lowest BCUT2D eigenvalue weighted by Crippen LogP contribution is -2.50. The first-order chi connectivity index (χ1) is 10.9. The number of benzene rings is 1. The van der Waals surface area contributed by atoms with Gasteiger partial charge >= 0.3 is 0 Å². The van der Waals surface area contributed by atoms with Crippen LogP contribution in [0.4, 0.5) is 0 Å². The van der Waals surface area contributed by atoms with Gasteiger partial charge in [-0.1, -0.05) is 23.8 Å². The number of nitrogens with zero attached hydrogens (tertiary/aromatic N) is 2. The number of ether oxygens (including phenoxy) is 1. The number of thiazole rings is 1. The number of aryl methyl sites for hydroxylation is 2. The van der Waals surface area contributed by atoms with Crippen LogP contribution in [-0.2, 0) is 4.74 Å². The highest BCUT2D eigenvalue weighted by Crippen LogP contribution is 2.28. The molecule has 5 heteroatoms. The van der Waals surface area contributed by atoms with Crippen molar-refractivity contribution in [2.75, 3.05) is 19.7 Å². The fourth-order valence-corrected chi connectivity index (χ4v) is 3.78. The van der Waals surface area contributed by atoms with Crippen LogP contribution >= 0.6 is 11.3 Å². The Balaban J connectivity index is 1.82. The lowest BCUT2D eigenvalue weighted by atomic mass is 10.1. The van der Waals surface area contributed by atoms with Gasteiger partial charge in [0.05, 0.1) is 12.2 Å². The maximum atomic E-state index is 12.7. The molecule has 1 fully saturated rings. The van der Waals surface area contributed by atoms with Crippen LogP contribution in [0.1, 0.15) is 35.5 Å². The standard InChI is InChI=1S/C18H22N2O2S/c1-12-5-6-14(13(2)9-12)16-19-15(10-23-16)17(21)20-7-8-22-18(3,4)11-20/h5-6,9-10H,7-8,11H2,1-4H3. The first-order valence-electron chi connectivity index (χ1n) is 7.82. The SMILES string of the molecule is Cc1ccc(-c2nc(C(=O)N3CCOC(C)(C)C3)cs2)c(C)c1. The Morgan fingerprint density at radius 2 is 2.13 bits per heavy atom. The maximum absolute atomic E-state index is 12.7. The highest BCUT2D eigenvalue weighted by molar-refractivity contribution is 7.13. The molecule has 1 amide bonds. The molecule has 1 aromatic carbocycles. The van der Waals surface area contributed by atoms with Crippen molar-refractivity contribution in [3.63, 3.8) is 0 Å². The summed E-state index contributed by atoms with van der Waals surface area (Å²) in [6.45, 7) is 9.97. The lowest BCUT2D eigenvalue weighted by Gasteiger charge is -2.37. The molecule has 0 spiro atoms. The zero-order valence-corrected chi connectivity index (χ0v) is 14.9. The predicted octanol–water partition coefficient (Wildman–Crippen LogP) is 3.68. The summed E-state index contributed by atoms with van der Waals surface area (Å²) in [6, 6.07) is 6.30. The van der Waals surface area contributed by atoms with E-state index in [1.165, 1.54) is 22.5 Å². The molecule has 0 N–H and O–H groups in total. The van der Waals surface area contributed by atoms with Crippen molar-refractivity contribution in [3.05, 3.63) is 40.4 Å². The van der Waals surface area contributed by atoms with Crippen molar-refractivity contribution < 1.29 is 9.53 Å². The Kier molecular flexibility index (Phi) is 4.25. The fourth-order valence-electron chi connectivity index (χ4n) is 2.90. The molecule has 2 aromatic rings. The van der Waals surface area contributed by atoms with Crippen LogP contribution in [0.5, 0.6) is 0 Å². The molecule has 4 nitrogen and oxygen atoms in total. The molecule has 122 valence electrons. The maximum Gasteiger partial charge on any atom is 0.273 e. The third-order valence-corrected chi connectivity index (χ3v) is 4.92. The van der Waals surface area contributed by atoms with Crippen LogP contribution in [0, 0.1) is 13.8 Å². The molecular formula is C18H22N2O2S. The summed E-state index contributed by atoms with van der Waals surface area (Å²) in [6.07, 6.45) is 0. The van der Waals surface area contributed by atoms with Gasteiger partial charge in [-0.25, -0.2) is 4.98 Å². The highest BCUT2D eigenvalue weighted by Gasteiger charge is 2.31. The number of carbonyl (C=O) groups is 1. The minimum atomic E-state index is -0.291. The topological polar surface area (TPSA) is 42.4 Å². The van der Waals surface area contributed by atoms with E-state index in [-0.39, 0.29) is 11.5 Å². The zero-order valence-electron chi connectivity index (χ0n) is 14.0. The van der Waals surface area contributed by atoms with Gasteiger partial charge in [0.2, 0.25) is 0 Å². The molecule has 1 aromatic heterocycles. The van der Waals surface area contributed by atoms with Gasteiger partial charge in [0.25, 0.3) is 5.91 Å². The molecule has 0 bridgehead atoms. The second-order valence-corrected chi connectivity index (χ2v) is 7.55. The Labute approximate surface area is 141 Å². The minimum Gasteiger partial charge on any atom is -0.372 e. The molecule has 0 aliphatic carbocycles. The lowest BCUT2D eigenvalue weighted by molar-refractivity contribution is -0.0764. The van der Waals surface area contributed by atoms with Crippen LogP contribution < -0.4 is 0 Å². The molecule has 0 radical (unpaired) electrons. The molecule has 1 saturated heterocycles. The van der Waals surface area contributed by atoms with Crippen molar-refractivity contribution in [2.24, 2.45) is 0 Å². The van der Waals surface area contributed by atoms with Crippen molar-refractivity contribution in [3.8, 4) is 10.6 Å². The van der Waals surface area contributed by atoms with Crippen LogP contribution in [0.2, 0.25) is 0 Å². The van der Waals surface area contributed by atoms with Crippen LogP contribution in [0.15, 0.2) is 23.6 Å². The first kappa shape index (κ1) is 16.1. The summed E-state index contributed by atoms with van der Waals surface area (Å²) in [4.78, 5) is 19.1. The molecule has 0 atom stereocenters. The number of morpholine rings is 1. The number of amides is 1. The molecule has 3 rings (SSSR count). The predicted molar refractivity (Wildman–Crippen MR) is 93.0 cm³/mol. The average Bonchev–Trinajstić information content (AvgIpc) is 2.95. The summed E-state index contributed by atoms with van der Waals surface area (Å²) in [5.74, 6) is -0.00589. The van der Waals surface area contributed by atoms with E-state index < -0.39 is 0 Å². The van der Waals surface area contributed by atoms with E-state index in [0.717, 1.165) is 10.6 Å². The van der Waals surface area contributed by atoms with Gasteiger partial charge in [-0.05, 0) is 33.3 Å². The van der Waals surface area contributed by atoms with E-state index in [1.54, 1.807) is 0 Å². The van der Waals surface area contributed by atoms with Crippen LogP contribution in [0.3, 0.4) is 0 Å². The van der Waals surface area contributed by atoms with E-state index in [2.05, 4.69) is 37.0 Å². The van der Waals surface area contributed by atoms with E-state index in [9.17, 15) is 4.79 Å². The number of rotatable bonds is 2. The Bertz CT molecular complexity index is 736. The van der Waals surface area contributed by atoms with Crippen molar-refractivity contribution in [2.45, 2.75) is 33.3 Å². The molecule has 23 heavy (non-hydrogen) atoms. The number of hydrogen-bond donors (Lipinski definition) is 0. The largest absolute Gasteiger partial charge is 0.372 e. The van der Waals surface area contributed by atoms with Crippen LogP contribution in [-0.4, -0.2) is 41.1 Å². The summed E-state index contributed by atoms with van der Waals surface area (Å²) in [5.41, 5.74) is 3.76. The highest BCUT2D eigenvalue weighted by atomic mass is 32.1. The second kappa shape index (κ2) is 6.06. The van der Waals surface area contributed by atoms with Crippen molar-refractivity contribution >= 4 is 17.2 Å². The smallest absolute Gasteiger partial charge is 0.273 e. The molecule has 0 saturated carbocycles. The molecule has 0 unspecified atom stereocenters. The summed E-state index contributed by atoms with van der Waals surface area (Å²) in [7, 11) is 0. The Morgan fingerprint density at radius 3 is 2.83 bits per heavy atom. The quantitative estimate of drug-likeness (QED) is 0.843. The molecule has 1 aliphatic rings. The normalized spacial score (nSPS) is 17.3. The Hall–Kier alpha value is -1.72. The summed E-state index contributed by atoms with van der Waals surface area (Å²) < 4.78 is 5.67.